The Labute approximate surface area is 127 Å². The molecule has 0 amide bonds. The fourth-order valence-corrected chi connectivity index (χ4v) is 2.88. The smallest absolute Gasteiger partial charge is 0.182 e. The lowest BCUT2D eigenvalue weighted by molar-refractivity contribution is 0.637. The van der Waals surface area contributed by atoms with Crippen LogP contribution in [0.3, 0.4) is 0 Å². The molecule has 3 rings (SSSR count). The van der Waals surface area contributed by atoms with Crippen LogP contribution >= 0.6 is 12.2 Å². The van der Waals surface area contributed by atoms with E-state index in [1.165, 1.54) is 11.6 Å². The maximum absolute atomic E-state index is 13.9. The fourth-order valence-electron chi connectivity index (χ4n) is 2.57. The first-order chi connectivity index (χ1) is 9.99. The quantitative estimate of drug-likeness (QED) is 0.717. The second-order valence-electron chi connectivity index (χ2n) is 5.26. The first kappa shape index (κ1) is 13.8. The van der Waals surface area contributed by atoms with Crippen molar-refractivity contribution in [1.29, 1.82) is 0 Å². The molecule has 3 nitrogen and oxygen atoms in total. The van der Waals surface area contributed by atoms with Gasteiger partial charge in [-0.25, -0.2) is 4.39 Å². The van der Waals surface area contributed by atoms with Gasteiger partial charge in [0.15, 0.2) is 4.77 Å². The Kier molecular flexibility index (Phi) is 3.29. The number of H-pyrrole nitrogens is 1. The van der Waals surface area contributed by atoms with Gasteiger partial charge in [0, 0.05) is 19.8 Å². The highest BCUT2D eigenvalue weighted by atomic mass is 32.1. The molecule has 2 aromatic carbocycles. The Balaban J connectivity index is 2.31. The van der Waals surface area contributed by atoms with Crippen LogP contribution in [-0.4, -0.2) is 23.6 Å². The minimum Gasteiger partial charge on any atom is -0.377 e. The van der Waals surface area contributed by atoms with Crippen LogP contribution in [0.15, 0.2) is 36.4 Å². The average Bonchev–Trinajstić information content (AvgIpc) is 2.77. The van der Waals surface area contributed by atoms with Gasteiger partial charge in [-0.15, -0.1) is 0 Å². The van der Waals surface area contributed by atoms with Gasteiger partial charge >= 0.3 is 0 Å². The number of aryl methyl sites for hydroxylation is 1. The number of aromatic nitrogens is 2. The van der Waals surface area contributed by atoms with Crippen LogP contribution in [0.1, 0.15) is 5.56 Å². The summed E-state index contributed by atoms with van der Waals surface area (Å²) in [6.45, 7) is 2.06. The molecular formula is C16H16FN3S. The van der Waals surface area contributed by atoms with Crippen molar-refractivity contribution >= 4 is 28.9 Å². The number of halogens is 1. The molecule has 1 aromatic heterocycles. The van der Waals surface area contributed by atoms with Crippen molar-refractivity contribution in [3.05, 3.63) is 52.5 Å². The van der Waals surface area contributed by atoms with Crippen LogP contribution in [0.2, 0.25) is 0 Å². The third-order valence-electron chi connectivity index (χ3n) is 3.60. The monoisotopic (exact) mass is 301 g/mol. The molecule has 1 N–H and O–H groups in total. The predicted molar refractivity (Wildman–Crippen MR) is 87.5 cm³/mol. The van der Waals surface area contributed by atoms with E-state index >= 15 is 0 Å². The largest absolute Gasteiger partial charge is 0.377 e. The van der Waals surface area contributed by atoms with Gasteiger partial charge < -0.3 is 9.88 Å². The summed E-state index contributed by atoms with van der Waals surface area (Å²) in [4.78, 5) is 5.00. The summed E-state index contributed by atoms with van der Waals surface area (Å²) < 4.78 is 16.2. The summed E-state index contributed by atoms with van der Waals surface area (Å²) in [5, 5.41) is 0. The highest BCUT2D eigenvalue weighted by Crippen LogP contribution is 2.26. The zero-order valence-corrected chi connectivity index (χ0v) is 13.0. The molecule has 1 heterocycles. The van der Waals surface area contributed by atoms with Gasteiger partial charge in [-0.2, -0.15) is 0 Å². The Morgan fingerprint density at radius 2 is 1.95 bits per heavy atom. The number of nitrogens with one attached hydrogen (secondary N) is 1. The molecule has 0 radical (unpaired) electrons. The highest BCUT2D eigenvalue weighted by molar-refractivity contribution is 7.71. The molecule has 0 atom stereocenters. The molecule has 0 unspecified atom stereocenters. The molecule has 5 heteroatoms. The molecule has 0 saturated carbocycles. The average molecular weight is 301 g/mol. The number of para-hydroxylation sites is 1. The number of imidazole rings is 1. The predicted octanol–water partition coefficient (Wildman–Crippen LogP) is 4.20. The Morgan fingerprint density at radius 3 is 2.67 bits per heavy atom. The van der Waals surface area contributed by atoms with Gasteiger partial charge in [-0.1, -0.05) is 12.1 Å². The van der Waals surface area contributed by atoms with Gasteiger partial charge in [-0.05, 0) is 49.0 Å². The number of benzene rings is 2. The highest BCUT2D eigenvalue weighted by Gasteiger charge is 2.11. The van der Waals surface area contributed by atoms with Crippen molar-refractivity contribution in [3.8, 4) is 5.69 Å². The van der Waals surface area contributed by atoms with Crippen LogP contribution in [0.4, 0.5) is 10.1 Å². The lowest BCUT2D eigenvalue weighted by Crippen LogP contribution is -2.11. The number of aromatic amines is 1. The van der Waals surface area contributed by atoms with Crippen LogP contribution in [0.5, 0.6) is 0 Å². The second-order valence-corrected chi connectivity index (χ2v) is 5.65. The molecule has 0 aliphatic heterocycles. The normalized spacial score (nSPS) is 11.0. The van der Waals surface area contributed by atoms with Crippen molar-refractivity contribution in [2.75, 3.05) is 19.0 Å². The summed E-state index contributed by atoms with van der Waals surface area (Å²) in [7, 11) is 4.00. The van der Waals surface area contributed by atoms with Crippen molar-refractivity contribution in [3.63, 3.8) is 0 Å². The molecular weight excluding hydrogens is 285 g/mol. The molecule has 0 saturated heterocycles. The van der Waals surface area contributed by atoms with Crippen LogP contribution < -0.4 is 4.90 Å². The van der Waals surface area contributed by atoms with Crippen molar-refractivity contribution in [2.24, 2.45) is 0 Å². The molecule has 0 spiro atoms. The van der Waals surface area contributed by atoms with Crippen molar-refractivity contribution < 1.29 is 4.39 Å². The van der Waals surface area contributed by atoms with E-state index < -0.39 is 0 Å². The first-order valence-corrected chi connectivity index (χ1v) is 7.07. The summed E-state index contributed by atoms with van der Waals surface area (Å²) >= 11 is 5.36. The Hall–Kier alpha value is -2.14. The number of rotatable bonds is 2. The first-order valence-electron chi connectivity index (χ1n) is 6.66. The topological polar surface area (TPSA) is 24.0 Å². The number of hydrogen-bond acceptors (Lipinski definition) is 2. The molecule has 0 fully saturated rings. The van der Waals surface area contributed by atoms with E-state index in [1.807, 2.05) is 36.9 Å². The molecule has 21 heavy (non-hydrogen) atoms. The molecule has 0 aliphatic rings. The number of hydrogen-bond donors (Lipinski definition) is 1. The number of anilines is 1. The fraction of sp³-hybridized carbons (Fsp3) is 0.188. The maximum Gasteiger partial charge on any atom is 0.182 e. The minimum absolute atomic E-state index is 0.294. The lowest BCUT2D eigenvalue weighted by atomic mass is 10.1. The van der Waals surface area contributed by atoms with Gasteiger partial charge in [0.1, 0.15) is 11.3 Å². The Bertz CT molecular complexity index is 877. The number of fused-ring (bicyclic) bond motifs is 1. The van der Waals surface area contributed by atoms with Gasteiger partial charge in [-0.3, -0.25) is 4.57 Å². The maximum atomic E-state index is 13.9. The lowest BCUT2D eigenvalue weighted by Gasteiger charge is -2.17. The minimum atomic E-state index is -0.294. The summed E-state index contributed by atoms with van der Waals surface area (Å²) in [5.41, 5.74) is 4.40. The SMILES string of the molecule is Cc1ccc(-n2c(=S)[nH]c3c(F)cccc32)cc1N(C)C. The van der Waals surface area contributed by atoms with Crippen molar-refractivity contribution in [1.82, 2.24) is 9.55 Å². The third-order valence-corrected chi connectivity index (χ3v) is 3.88. The molecule has 0 bridgehead atoms. The van der Waals surface area contributed by atoms with Gasteiger partial charge in [0.05, 0.1) is 11.2 Å². The summed E-state index contributed by atoms with van der Waals surface area (Å²) in [5.74, 6) is -0.294. The summed E-state index contributed by atoms with van der Waals surface area (Å²) in [6.07, 6.45) is 0. The van der Waals surface area contributed by atoms with E-state index in [9.17, 15) is 4.39 Å². The van der Waals surface area contributed by atoms with E-state index in [-0.39, 0.29) is 5.82 Å². The second kappa shape index (κ2) is 5.00. The standard InChI is InChI=1S/C16H16FN3S/c1-10-7-8-11(9-14(10)19(2)3)20-13-6-4-5-12(17)15(13)18-16(20)21/h4-9H,1-3H3,(H,18,21). The van der Waals surface area contributed by atoms with E-state index in [1.54, 1.807) is 6.07 Å². The van der Waals surface area contributed by atoms with Gasteiger partial charge in [0.2, 0.25) is 0 Å². The summed E-state index contributed by atoms with van der Waals surface area (Å²) in [6, 6.07) is 11.1. The number of nitrogens with zero attached hydrogens (tertiary/aromatic N) is 2. The van der Waals surface area contributed by atoms with Crippen molar-refractivity contribution in [2.45, 2.75) is 6.92 Å². The van der Waals surface area contributed by atoms with E-state index in [0.717, 1.165) is 16.9 Å². The molecule has 108 valence electrons. The van der Waals surface area contributed by atoms with Gasteiger partial charge in [0.25, 0.3) is 0 Å². The van der Waals surface area contributed by atoms with E-state index in [4.69, 9.17) is 12.2 Å². The van der Waals surface area contributed by atoms with Crippen LogP contribution in [0, 0.1) is 17.5 Å². The third kappa shape index (κ3) is 2.23. The zero-order valence-electron chi connectivity index (χ0n) is 12.1. The molecule has 3 aromatic rings. The molecule has 0 aliphatic carbocycles. The van der Waals surface area contributed by atoms with Crippen LogP contribution in [0.25, 0.3) is 16.7 Å². The van der Waals surface area contributed by atoms with E-state index in [2.05, 4.69) is 22.9 Å². The van der Waals surface area contributed by atoms with E-state index in [0.29, 0.717) is 10.3 Å². The Morgan fingerprint density at radius 1 is 1.19 bits per heavy atom. The van der Waals surface area contributed by atoms with Crippen LogP contribution in [-0.2, 0) is 0 Å². The zero-order chi connectivity index (χ0) is 15.1.